The summed E-state index contributed by atoms with van der Waals surface area (Å²) in [6, 6.07) is 9.05. The van der Waals surface area contributed by atoms with Crippen LogP contribution in [-0.2, 0) is 4.79 Å². The van der Waals surface area contributed by atoms with E-state index >= 15 is 0 Å². The molecule has 0 heterocycles. The minimum atomic E-state index is -1.09. The summed E-state index contributed by atoms with van der Waals surface area (Å²) in [5.74, 6) is -0.882. The maximum atomic E-state index is 12.9. The number of rotatable bonds is 10. The van der Waals surface area contributed by atoms with Gasteiger partial charge in [-0.1, -0.05) is 69.4 Å². The maximum absolute atomic E-state index is 12.9. The molecule has 0 radical (unpaired) electrons. The van der Waals surface area contributed by atoms with E-state index in [1.54, 1.807) is 19.1 Å². The molecule has 0 aromatic heterocycles. The molecule has 0 spiro atoms. The van der Waals surface area contributed by atoms with Gasteiger partial charge in [0.1, 0.15) is 5.78 Å². The number of benzene rings is 1. The quantitative estimate of drug-likeness (QED) is 0.482. The van der Waals surface area contributed by atoms with Gasteiger partial charge in [-0.15, -0.1) is 0 Å². The van der Waals surface area contributed by atoms with Crippen LogP contribution >= 0.6 is 0 Å². The number of carbonyl (C=O) groups is 2. The lowest BCUT2D eigenvalue weighted by atomic mass is 9.78. The Morgan fingerprint density at radius 3 is 2.40 bits per heavy atom. The van der Waals surface area contributed by atoms with Crippen LogP contribution in [0.5, 0.6) is 0 Å². The molecule has 1 N–H and O–H groups in total. The first-order valence-corrected chi connectivity index (χ1v) is 9.81. The summed E-state index contributed by atoms with van der Waals surface area (Å²) in [6.45, 7) is 3.90. The smallest absolute Gasteiger partial charge is 0.169 e. The number of hydrogen-bond acceptors (Lipinski definition) is 3. The van der Waals surface area contributed by atoms with Gasteiger partial charge < -0.3 is 5.11 Å². The van der Waals surface area contributed by atoms with Crippen molar-refractivity contribution < 1.29 is 14.7 Å². The molecular formula is C22H32O3. The largest absolute Gasteiger partial charge is 0.389 e. The van der Waals surface area contributed by atoms with Gasteiger partial charge in [0.05, 0.1) is 11.5 Å². The van der Waals surface area contributed by atoms with Gasteiger partial charge in [-0.05, 0) is 26.2 Å². The van der Waals surface area contributed by atoms with Crippen molar-refractivity contribution in [1.29, 1.82) is 0 Å². The zero-order chi connectivity index (χ0) is 18.3. The number of aliphatic hydroxyl groups is 1. The van der Waals surface area contributed by atoms with Crippen molar-refractivity contribution in [2.75, 3.05) is 0 Å². The molecule has 0 unspecified atom stereocenters. The molecule has 3 nitrogen and oxygen atoms in total. The van der Waals surface area contributed by atoms with Crippen molar-refractivity contribution >= 4 is 11.6 Å². The Balaban J connectivity index is 1.96. The number of ketones is 2. The number of unbranched alkanes of at least 4 members (excludes halogenated alkanes) is 5. The fraction of sp³-hybridized carbons (Fsp3) is 0.636. The van der Waals surface area contributed by atoms with Crippen molar-refractivity contribution in [2.45, 2.75) is 77.2 Å². The van der Waals surface area contributed by atoms with Crippen LogP contribution in [0.2, 0.25) is 0 Å². The van der Waals surface area contributed by atoms with Crippen molar-refractivity contribution in [3.63, 3.8) is 0 Å². The highest BCUT2D eigenvalue weighted by Gasteiger charge is 2.50. The van der Waals surface area contributed by atoms with Crippen molar-refractivity contribution in [3.05, 3.63) is 35.9 Å². The van der Waals surface area contributed by atoms with E-state index in [2.05, 4.69) is 6.92 Å². The zero-order valence-electron chi connectivity index (χ0n) is 15.7. The Morgan fingerprint density at radius 2 is 1.72 bits per heavy atom. The fourth-order valence-corrected chi connectivity index (χ4v) is 4.06. The van der Waals surface area contributed by atoms with Gasteiger partial charge in [-0.2, -0.15) is 0 Å². The van der Waals surface area contributed by atoms with Crippen molar-refractivity contribution in [3.8, 4) is 0 Å². The van der Waals surface area contributed by atoms with Gasteiger partial charge in [-0.3, -0.25) is 9.59 Å². The predicted molar refractivity (Wildman–Crippen MR) is 101 cm³/mol. The van der Waals surface area contributed by atoms with Gasteiger partial charge >= 0.3 is 0 Å². The molecule has 0 aliphatic heterocycles. The summed E-state index contributed by atoms with van der Waals surface area (Å²) in [6.07, 6.45) is 8.53. The molecule has 1 saturated carbocycles. The van der Waals surface area contributed by atoms with Crippen molar-refractivity contribution in [1.82, 2.24) is 0 Å². The molecule has 0 amide bonds. The highest BCUT2D eigenvalue weighted by molar-refractivity contribution is 6.01. The van der Waals surface area contributed by atoms with Crippen LogP contribution < -0.4 is 0 Å². The van der Waals surface area contributed by atoms with Crippen LogP contribution in [0.3, 0.4) is 0 Å². The van der Waals surface area contributed by atoms with Gasteiger partial charge in [0.15, 0.2) is 5.78 Å². The second-order valence-corrected chi connectivity index (χ2v) is 7.69. The van der Waals surface area contributed by atoms with E-state index in [0.29, 0.717) is 24.8 Å². The lowest BCUT2D eigenvalue weighted by molar-refractivity contribution is -0.124. The normalized spacial score (nSPS) is 25.9. The molecule has 25 heavy (non-hydrogen) atoms. The van der Waals surface area contributed by atoms with Crippen LogP contribution in [0.1, 0.15) is 82.0 Å². The topological polar surface area (TPSA) is 54.4 Å². The summed E-state index contributed by atoms with van der Waals surface area (Å²) in [5.41, 5.74) is -0.499. The van der Waals surface area contributed by atoms with E-state index < -0.39 is 11.5 Å². The maximum Gasteiger partial charge on any atom is 0.169 e. The van der Waals surface area contributed by atoms with Gasteiger partial charge in [0.2, 0.25) is 0 Å². The van der Waals surface area contributed by atoms with Crippen molar-refractivity contribution in [2.24, 2.45) is 11.8 Å². The zero-order valence-corrected chi connectivity index (χ0v) is 15.7. The van der Waals surface area contributed by atoms with Crippen LogP contribution in [0.25, 0.3) is 0 Å². The van der Waals surface area contributed by atoms with Gasteiger partial charge in [0, 0.05) is 17.9 Å². The number of carbonyl (C=O) groups excluding carboxylic acids is 2. The monoisotopic (exact) mass is 344 g/mol. The van der Waals surface area contributed by atoms with E-state index in [1.165, 1.54) is 25.7 Å². The van der Waals surface area contributed by atoms with E-state index in [4.69, 9.17) is 0 Å². The summed E-state index contributed by atoms with van der Waals surface area (Å²) in [5, 5.41) is 10.7. The molecule has 0 bridgehead atoms. The predicted octanol–water partition coefficient (Wildman–Crippen LogP) is 4.97. The summed E-state index contributed by atoms with van der Waals surface area (Å²) in [4.78, 5) is 25.6. The molecule has 3 heteroatoms. The highest BCUT2D eigenvalue weighted by Crippen LogP contribution is 2.43. The molecule has 1 aliphatic rings. The minimum absolute atomic E-state index is 0.0932. The van der Waals surface area contributed by atoms with Crippen LogP contribution in [0.4, 0.5) is 0 Å². The minimum Gasteiger partial charge on any atom is -0.389 e. The summed E-state index contributed by atoms with van der Waals surface area (Å²) >= 11 is 0. The first kappa shape index (κ1) is 19.8. The van der Waals surface area contributed by atoms with Crippen LogP contribution in [0.15, 0.2) is 30.3 Å². The number of Topliss-reactive ketones (excluding diaryl/α,β-unsaturated/α-hetero) is 2. The van der Waals surface area contributed by atoms with Gasteiger partial charge in [-0.25, -0.2) is 0 Å². The van der Waals surface area contributed by atoms with E-state index in [9.17, 15) is 14.7 Å². The Morgan fingerprint density at radius 1 is 1.08 bits per heavy atom. The molecule has 138 valence electrons. The van der Waals surface area contributed by atoms with Crippen LogP contribution in [-0.4, -0.2) is 22.3 Å². The third-order valence-corrected chi connectivity index (χ3v) is 5.56. The lowest BCUT2D eigenvalue weighted by Crippen LogP contribution is -2.40. The molecule has 1 aliphatic carbocycles. The molecule has 0 saturated heterocycles. The third-order valence-electron chi connectivity index (χ3n) is 5.56. The third kappa shape index (κ3) is 5.24. The molecule has 3 atom stereocenters. The second kappa shape index (κ2) is 9.28. The Kier molecular flexibility index (Phi) is 7.37. The Bertz CT molecular complexity index is 562. The molecule has 1 aromatic rings. The first-order valence-electron chi connectivity index (χ1n) is 9.81. The van der Waals surface area contributed by atoms with Crippen LogP contribution in [0, 0.1) is 11.8 Å². The van der Waals surface area contributed by atoms with E-state index in [-0.39, 0.29) is 17.5 Å². The molecule has 1 aromatic carbocycles. The lowest BCUT2D eigenvalue weighted by Gasteiger charge is -2.27. The first-order chi connectivity index (χ1) is 12.0. The average molecular weight is 344 g/mol. The SMILES string of the molecule is CCCCCCCCC(=O)[C@@H]1CC[C@](C)(O)[C@H]1C(=O)c1ccccc1. The van der Waals surface area contributed by atoms with Gasteiger partial charge in [0.25, 0.3) is 0 Å². The van der Waals surface area contributed by atoms with E-state index in [1.807, 2.05) is 18.2 Å². The molecular weight excluding hydrogens is 312 g/mol. The summed E-state index contributed by atoms with van der Waals surface area (Å²) < 4.78 is 0. The highest BCUT2D eigenvalue weighted by atomic mass is 16.3. The van der Waals surface area contributed by atoms with E-state index in [0.717, 1.165) is 12.8 Å². The second-order valence-electron chi connectivity index (χ2n) is 7.69. The number of hydrogen-bond donors (Lipinski definition) is 1. The molecule has 2 rings (SSSR count). The Hall–Kier alpha value is -1.48. The summed E-state index contributed by atoms with van der Waals surface area (Å²) in [7, 11) is 0. The fourth-order valence-electron chi connectivity index (χ4n) is 4.06. The Labute approximate surface area is 151 Å². The average Bonchev–Trinajstić information content (AvgIpc) is 2.93. The molecule has 1 fully saturated rings. The standard InChI is InChI=1S/C22H32O3/c1-3-4-5-6-7-11-14-19(23)18-15-16-22(2,25)20(18)21(24)17-12-9-8-10-13-17/h8-10,12-13,18,20,25H,3-7,11,14-16H2,1-2H3/t18-,20+,22-/m0/s1.